The van der Waals surface area contributed by atoms with Crippen molar-refractivity contribution in [1.29, 1.82) is 5.26 Å². The highest BCUT2D eigenvalue weighted by atomic mass is 16.2. The van der Waals surface area contributed by atoms with Gasteiger partial charge in [0.2, 0.25) is 0 Å². The molecule has 0 aliphatic heterocycles. The molecule has 0 N–H and O–H groups in total. The van der Waals surface area contributed by atoms with Crippen LogP contribution in [-0.2, 0) is 0 Å². The van der Waals surface area contributed by atoms with E-state index in [-0.39, 0.29) is 17.4 Å². The minimum Gasteiger partial charge on any atom is -0.343 e. The van der Waals surface area contributed by atoms with Gasteiger partial charge in [-0.25, -0.2) is 4.68 Å². The summed E-state index contributed by atoms with van der Waals surface area (Å²) in [6.45, 7) is 1.44. The van der Waals surface area contributed by atoms with E-state index in [2.05, 4.69) is 5.10 Å². The number of amides is 1. The number of hydrogen-bond acceptors (Lipinski definition) is 4. The standard InChI is InChI=1S/C15H14N4O2/c1-10(20)12-5-4-11(9-16)8-14(12)19-7-6-13(17-19)15(21)18(2)3/h4-8H,1-3H3. The van der Waals surface area contributed by atoms with E-state index in [0.717, 1.165) is 0 Å². The number of hydrogen-bond donors (Lipinski definition) is 0. The fourth-order valence-electron chi connectivity index (χ4n) is 1.89. The molecule has 106 valence electrons. The number of benzene rings is 1. The number of ketones is 1. The lowest BCUT2D eigenvalue weighted by Gasteiger charge is -2.09. The maximum atomic E-state index is 11.9. The lowest BCUT2D eigenvalue weighted by atomic mass is 10.1. The Morgan fingerprint density at radius 3 is 2.57 bits per heavy atom. The second kappa shape index (κ2) is 5.59. The lowest BCUT2D eigenvalue weighted by molar-refractivity contribution is 0.0821. The van der Waals surface area contributed by atoms with E-state index in [1.165, 1.54) is 16.5 Å². The van der Waals surface area contributed by atoms with Crippen LogP contribution >= 0.6 is 0 Å². The third-order valence-corrected chi connectivity index (χ3v) is 2.97. The fourth-order valence-corrected chi connectivity index (χ4v) is 1.89. The Bertz CT molecular complexity index is 753. The molecular weight excluding hydrogens is 268 g/mol. The average Bonchev–Trinajstić information content (AvgIpc) is 2.95. The monoisotopic (exact) mass is 282 g/mol. The number of aromatic nitrogens is 2. The molecule has 1 heterocycles. The molecule has 2 rings (SSSR count). The van der Waals surface area contributed by atoms with Crippen molar-refractivity contribution in [3.05, 3.63) is 47.3 Å². The Balaban J connectivity index is 2.54. The number of nitrogens with zero attached hydrogens (tertiary/aromatic N) is 4. The van der Waals surface area contributed by atoms with Gasteiger partial charge in [-0.05, 0) is 31.2 Å². The number of nitriles is 1. The highest BCUT2D eigenvalue weighted by Gasteiger charge is 2.15. The summed E-state index contributed by atoms with van der Waals surface area (Å²) in [5.74, 6) is -0.361. The first kappa shape index (κ1) is 14.5. The summed E-state index contributed by atoms with van der Waals surface area (Å²) in [5, 5.41) is 13.2. The van der Waals surface area contributed by atoms with Crippen molar-refractivity contribution in [2.45, 2.75) is 6.92 Å². The molecule has 0 bridgehead atoms. The van der Waals surface area contributed by atoms with Crippen LogP contribution in [0.1, 0.15) is 33.3 Å². The minimum atomic E-state index is -0.227. The van der Waals surface area contributed by atoms with Crippen LogP contribution in [0.25, 0.3) is 5.69 Å². The molecule has 0 fully saturated rings. The van der Waals surface area contributed by atoms with Gasteiger partial charge >= 0.3 is 0 Å². The van der Waals surface area contributed by atoms with E-state index < -0.39 is 0 Å². The van der Waals surface area contributed by atoms with Gasteiger partial charge in [-0.3, -0.25) is 9.59 Å². The number of carbonyl (C=O) groups excluding carboxylic acids is 2. The zero-order chi connectivity index (χ0) is 15.6. The van der Waals surface area contributed by atoms with Crippen LogP contribution in [0.2, 0.25) is 0 Å². The summed E-state index contributed by atoms with van der Waals surface area (Å²) < 4.78 is 1.44. The molecule has 6 nitrogen and oxygen atoms in total. The molecule has 1 aromatic heterocycles. The Hall–Kier alpha value is -2.94. The molecule has 1 amide bonds. The summed E-state index contributed by atoms with van der Waals surface area (Å²) in [5.41, 5.74) is 1.63. The number of rotatable bonds is 3. The van der Waals surface area contributed by atoms with Crippen LogP contribution in [0.4, 0.5) is 0 Å². The molecule has 0 saturated heterocycles. The minimum absolute atomic E-state index is 0.134. The highest BCUT2D eigenvalue weighted by Crippen LogP contribution is 2.17. The van der Waals surface area contributed by atoms with Gasteiger partial charge in [-0.15, -0.1) is 0 Å². The first-order valence-electron chi connectivity index (χ1n) is 6.27. The van der Waals surface area contributed by atoms with Crippen molar-refractivity contribution in [3.63, 3.8) is 0 Å². The van der Waals surface area contributed by atoms with Gasteiger partial charge < -0.3 is 4.90 Å². The molecule has 0 spiro atoms. The van der Waals surface area contributed by atoms with E-state index >= 15 is 0 Å². The van der Waals surface area contributed by atoms with Crippen molar-refractivity contribution < 1.29 is 9.59 Å². The van der Waals surface area contributed by atoms with Crippen molar-refractivity contribution >= 4 is 11.7 Å². The predicted octanol–water partition coefficient (Wildman–Crippen LogP) is 1.65. The van der Waals surface area contributed by atoms with Crippen LogP contribution in [-0.4, -0.2) is 40.5 Å². The third kappa shape index (κ3) is 2.82. The maximum absolute atomic E-state index is 11.9. The van der Waals surface area contributed by atoms with Crippen LogP contribution < -0.4 is 0 Å². The fraction of sp³-hybridized carbons (Fsp3) is 0.200. The molecule has 2 aromatic rings. The van der Waals surface area contributed by atoms with Gasteiger partial charge in [0.15, 0.2) is 11.5 Å². The molecular formula is C15H14N4O2. The Kier molecular flexibility index (Phi) is 3.85. The van der Waals surface area contributed by atoms with Crippen LogP contribution in [0.3, 0.4) is 0 Å². The molecule has 0 unspecified atom stereocenters. The van der Waals surface area contributed by atoms with Crippen molar-refractivity contribution in [3.8, 4) is 11.8 Å². The molecule has 0 saturated carbocycles. The smallest absolute Gasteiger partial charge is 0.273 e. The van der Waals surface area contributed by atoms with Crippen LogP contribution in [0.15, 0.2) is 30.5 Å². The highest BCUT2D eigenvalue weighted by molar-refractivity contribution is 5.98. The summed E-state index contributed by atoms with van der Waals surface area (Å²) >= 11 is 0. The SMILES string of the molecule is CC(=O)c1ccc(C#N)cc1-n1ccc(C(=O)N(C)C)n1. The second-order valence-corrected chi connectivity index (χ2v) is 4.75. The quantitative estimate of drug-likeness (QED) is 0.802. The van der Waals surface area contributed by atoms with Gasteiger partial charge in [-0.2, -0.15) is 10.4 Å². The number of Topliss-reactive ketones (excluding diaryl/α,β-unsaturated/α-hetero) is 1. The molecule has 6 heteroatoms. The predicted molar refractivity (Wildman–Crippen MR) is 76.3 cm³/mol. The number of carbonyl (C=O) groups is 2. The maximum Gasteiger partial charge on any atom is 0.273 e. The second-order valence-electron chi connectivity index (χ2n) is 4.75. The first-order valence-corrected chi connectivity index (χ1v) is 6.27. The molecule has 21 heavy (non-hydrogen) atoms. The molecule has 0 aliphatic rings. The van der Waals surface area contributed by atoms with Gasteiger partial charge in [0.25, 0.3) is 5.91 Å². The van der Waals surface area contributed by atoms with Gasteiger partial charge in [0.1, 0.15) is 0 Å². The average molecular weight is 282 g/mol. The van der Waals surface area contributed by atoms with Crippen molar-refractivity contribution in [1.82, 2.24) is 14.7 Å². The zero-order valence-electron chi connectivity index (χ0n) is 12.0. The van der Waals surface area contributed by atoms with E-state index in [4.69, 9.17) is 5.26 Å². The van der Waals surface area contributed by atoms with Crippen LogP contribution in [0, 0.1) is 11.3 Å². The van der Waals surface area contributed by atoms with E-state index in [1.54, 1.807) is 44.6 Å². The molecule has 0 atom stereocenters. The van der Waals surface area contributed by atoms with E-state index in [1.807, 2.05) is 6.07 Å². The summed E-state index contributed by atoms with van der Waals surface area (Å²) in [6, 6.07) is 8.34. The van der Waals surface area contributed by atoms with Gasteiger partial charge in [0.05, 0.1) is 17.3 Å². The van der Waals surface area contributed by atoms with Crippen molar-refractivity contribution in [2.75, 3.05) is 14.1 Å². The summed E-state index contributed by atoms with van der Waals surface area (Å²) in [7, 11) is 3.28. The zero-order valence-corrected chi connectivity index (χ0v) is 12.0. The Morgan fingerprint density at radius 2 is 2.00 bits per heavy atom. The largest absolute Gasteiger partial charge is 0.343 e. The summed E-state index contributed by atoms with van der Waals surface area (Å²) in [4.78, 5) is 25.0. The van der Waals surface area contributed by atoms with E-state index in [0.29, 0.717) is 16.8 Å². The molecule has 0 radical (unpaired) electrons. The Labute approximate surface area is 122 Å². The first-order chi connectivity index (χ1) is 9.93. The topological polar surface area (TPSA) is 79.0 Å². The molecule has 1 aromatic carbocycles. The van der Waals surface area contributed by atoms with Gasteiger partial charge in [-0.1, -0.05) is 0 Å². The Morgan fingerprint density at radius 1 is 1.29 bits per heavy atom. The normalized spacial score (nSPS) is 10.0. The molecule has 0 aliphatic carbocycles. The lowest BCUT2D eigenvalue weighted by Crippen LogP contribution is -2.22. The van der Waals surface area contributed by atoms with Crippen molar-refractivity contribution in [2.24, 2.45) is 0 Å². The van der Waals surface area contributed by atoms with Gasteiger partial charge in [0, 0.05) is 25.9 Å². The third-order valence-electron chi connectivity index (χ3n) is 2.97. The summed E-state index contributed by atoms with van der Waals surface area (Å²) in [6.07, 6.45) is 1.60. The van der Waals surface area contributed by atoms with Crippen LogP contribution in [0.5, 0.6) is 0 Å². The van der Waals surface area contributed by atoms with E-state index in [9.17, 15) is 9.59 Å².